The third-order valence-corrected chi connectivity index (χ3v) is 5.08. The number of Topliss-reactive ketones (excluding diaryl/α,β-unsaturated/α-hetero) is 1. The van der Waals surface area contributed by atoms with Gasteiger partial charge < -0.3 is 9.64 Å². The second-order valence-electron chi connectivity index (χ2n) is 6.28. The molecule has 0 heterocycles. The van der Waals surface area contributed by atoms with Crippen molar-refractivity contribution in [2.45, 2.75) is 17.7 Å². The van der Waals surface area contributed by atoms with E-state index in [-0.39, 0.29) is 22.6 Å². The Balaban J connectivity index is 2.36. The van der Waals surface area contributed by atoms with Crippen molar-refractivity contribution in [2.75, 3.05) is 20.7 Å². The number of carbonyl (C=O) groups is 2. The smallest absolute Gasteiger partial charge is 0.321 e. The predicted molar refractivity (Wildman–Crippen MR) is 106 cm³/mol. The van der Waals surface area contributed by atoms with Gasteiger partial charge in [-0.2, -0.15) is 8.42 Å². The van der Waals surface area contributed by atoms with Crippen molar-refractivity contribution in [3.8, 4) is 0 Å². The van der Waals surface area contributed by atoms with E-state index in [0.717, 1.165) is 18.5 Å². The monoisotopic (exact) mass is 420 g/mol. The van der Waals surface area contributed by atoms with Crippen molar-refractivity contribution in [1.82, 2.24) is 4.90 Å². The van der Waals surface area contributed by atoms with Crippen molar-refractivity contribution in [2.24, 2.45) is 4.40 Å². The number of sulfonamides is 1. The first-order chi connectivity index (χ1) is 13.7. The molecule has 2 aromatic rings. The van der Waals surface area contributed by atoms with Crippen LogP contribution in [0.25, 0.3) is 0 Å². The molecule has 0 fully saturated rings. The molecule has 1 unspecified atom stereocenters. The highest BCUT2D eigenvalue weighted by Gasteiger charge is 2.31. The molecule has 0 saturated carbocycles. The first-order valence-electron chi connectivity index (χ1n) is 8.69. The number of carbonyl (C=O) groups excluding carboxylic acids is 2. The number of benzene rings is 2. The highest BCUT2D eigenvalue weighted by atomic mass is 32.2. The lowest BCUT2D eigenvalue weighted by Crippen LogP contribution is -2.24. The van der Waals surface area contributed by atoms with Crippen LogP contribution in [0.3, 0.4) is 0 Å². The Morgan fingerprint density at radius 3 is 2.21 bits per heavy atom. The van der Waals surface area contributed by atoms with Crippen molar-refractivity contribution in [3.05, 3.63) is 65.5 Å². The van der Waals surface area contributed by atoms with Crippen LogP contribution in [-0.4, -0.2) is 52.1 Å². The van der Waals surface area contributed by atoms with Crippen LogP contribution in [-0.2, 0) is 19.6 Å². The molecule has 0 bridgehead atoms. The molecular formula is C20H21FN2O5S. The summed E-state index contributed by atoms with van der Waals surface area (Å²) >= 11 is 0. The molecule has 0 spiro atoms. The molecule has 0 N–H and O–H groups in total. The zero-order chi connectivity index (χ0) is 21.6. The molecule has 0 saturated heterocycles. The van der Waals surface area contributed by atoms with E-state index in [1.807, 2.05) is 0 Å². The fraction of sp³-hybridized carbons (Fsp3) is 0.250. The van der Waals surface area contributed by atoms with Gasteiger partial charge in [-0.15, -0.1) is 4.40 Å². The number of rotatable bonds is 8. The summed E-state index contributed by atoms with van der Waals surface area (Å²) in [6.45, 7) is 1.68. The molecule has 7 nitrogen and oxygen atoms in total. The Kier molecular flexibility index (Phi) is 7.22. The molecule has 0 radical (unpaired) electrons. The first-order valence-corrected chi connectivity index (χ1v) is 10.1. The minimum Gasteiger partial charge on any atom is -0.465 e. The second kappa shape index (κ2) is 9.42. The van der Waals surface area contributed by atoms with Crippen LogP contribution >= 0.6 is 0 Å². The Bertz CT molecular complexity index is 1000. The van der Waals surface area contributed by atoms with E-state index in [2.05, 4.69) is 4.40 Å². The van der Waals surface area contributed by atoms with Crippen molar-refractivity contribution < 1.29 is 27.1 Å². The standard InChI is InChI=1S/C20H21FN2O5S/c1-4-28-20(25)18(14-5-9-16(21)10-6-14)19(24)15-7-11-17(12-8-15)29(26,27)22-13-23(2)3/h5-13,18H,4H2,1-3H3/b22-13+. The molecule has 0 aromatic heterocycles. The van der Waals surface area contributed by atoms with E-state index in [4.69, 9.17) is 4.74 Å². The van der Waals surface area contributed by atoms with Crippen LogP contribution in [0.15, 0.2) is 57.8 Å². The number of nitrogens with zero attached hydrogens (tertiary/aromatic N) is 2. The molecule has 1 atom stereocenters. The number of ketones is 1. The molecule has 2 aromatic carbocycles. The number of esters is 1. The number of ether oxygens (including phenoxy) is 1. The van der Waals surface area contributed by atoms with Crippen LogP contribution in [0.1, 0.15) is 28.8 Å². The van der Waals surface area contributed by atoms with Gasteiger partial charge >= 0.3 is 5.97 Å². The molecule has 0 aliphatic carbocycles. The molecule has 2 rings (SSSR count). The zero-order valence-electron chi connectivity index (χ0n) is 16.2. The third-order valence-electron chi connectivity index (χ3n) is 3.84. The summed E-state index contributed by atoms with van der Waals surface area (Å²) in [6, 6.07) is 10.0. The van der Waals surface area contributed by atoms with Gasteiger partial charge in [-0.3, -0.25) is 9.59 Å². The lowest BCUT2D eigenvalue weighted by atomic mass is 9.90. The van der Waals surface area contributed by atoms with Gasteiger partial charge in [-0.25, -0.2) is 4.39 Å². The Labute approximate surface area is 168 Å². The van der Waals surface area contributed by atoms with E-state index in [1.165, 1.54) is 41.3 Å². The van der Waals surface area contributed by atoms with Gasteiger partial charge in [0.2, 0.25) is 0 Å². The fourth-order valence-electron chi connectivity index (χ4n) is 2.45. The summed E-state index contributed by atoms with van der Waals surface area (Å²) in [5.41, 5.74) is 0.394. The quantitative estimate of drug-likeness (QED) is 0.214. The van der Waals surface area contributed by atoms with Gasteiger partial charge in [0.25, 0.3) is 10.0 Å². The predicted octanol–water partition coefficient (Wildman–Crippen LogP) is 2.63. The van der Waals surface area contributed by atoms with E-state index >= 15 is 0 Å². The van der Waals surface area contributed by atoms with E-state index in [9.17, 15) is 22.4 Å². The second-order valence-corrected chi connectivity index (χ2v) is 7.92. The largest absolute Gasteiger partial charge is 0.465 e. The van der Waals surface area contributed by atoms with Crippen LogP contribution in [0.5, 0.6) is 0 Å². The van der Waals surface area contributed by atoms with Gasteiger partial charge in [0.05, 0.1) is 11.5 Å². The van der Waals surface area contributed by atoms with Crippen LogP contribution < -0.4 is 0 Å². The summed E-state index contributed by atoms with van der Waals surface area (Å²) in [4.78, 5) is 26.7. The molecule has 154 valence electrons. The van der Waals surface area contributed by atoms with E-state index < -0.39 is 33.5 Å². The van der Waals surface area contributed by atoms with Crippen molar-refractivity contribution >= 4 is 28.1 Å². The lowest BCUT2D eigenvalue weighted by Gasteiger charge is -2.15. The topological polar surface area (TPSA) is 93.1 Å². The average Bonchev–Trinajstić information content (AvgIpc) is 2.68. The van der Waals surface area contributed by atoms with Gasteiger partial charge in [-0.1, -0.05) is 24.3 Å². The van der Waals surface area contributed by atoms with Gasteiger partial charge in [0.1, 0.15) is 18.1 Å². The molecule has 29 heavy (non-hydrogen) atoms. The normalized spacial score (nSPS) is 12.6. The molecule has 0 aliphatic rings. The van der Waals surface area contributed by atoms with Crippen LogP contribution in [0.2, 0.25) is 0 Å². The fourth-order valence-corrected chi connectivity index (χ4v) is 3.36. The Morgan fingerprint density at radius 2 is 1.69 bits per heavy atom. The maximum Gasteiger partial charge on any atom is 0.321 e. The SMILES string of the molecule is CCOC(=O)C(C(=O)c1ccc(S(=O)(=O)/N=C/N(C)C)cc1)c1ccc(F)cc1. The van der Waals surface area contributed by atoms with Crippen LogP contribution in [0, 0.1) is 5.82 Å². The van der Waals surface area contributed by atoms with Crippen molar-refractivity contribution in [3.63, 3.8) is 0 Å². The minimum absolute atomic E-state index is 0.0743. The number of hydrogen-bond donors (Lipinski definition) is 0. The van der Waals surface area contributed by atoms with Gasteiger partial charge in [-0.05, 0) is 36.8 Å². The third kappa shape index (κ3) is 5.71. The average molecular weight is 420 g/mol. The lowest BCUT2D eigenvalue weighted by molar-refractivity contribution is -0.143. The highest BCUT2D eigenvalue weighted by Crippen LogP contribution is 2.24. The first kappa shape index (κ1) is 22.2. The van der Waals surface area contributed by atoms with Gasteiger partial charge in [0, 0.05) is 19.7 Å². The number of halogens is 1. The van der Waals surface area contributed by atoms with E-state index in [1.54, 1.807) is 21.0 Å². The maximum atomic E-state index is 13.2. The summed E-state index contributed by atoms with van der Waals surface area (Å²) in [6.07, 6.45) is 1.15. The summed E-state index contributed by atoms with van der Waals surface area (Å²) < 4.78 is 46.1. The Hall–Kier alpha value is -3.07. The van der Waals surface area contributed by atoms with Crippen LogP contribution in [0.4, 0.5) is 4.39 Å². The van der Waals surface area contributed by atoms with E-state index in [0.29, 0.717) is 0 Å². The minimum atomic E-state index is -3.92. The van der Waals surface area contributed by atoms with Crippen molar-refractivity contribution in [1.29, 1.82) is 0 Å². The Morgan fingerprint density at radius 1 is 1.10 bits per heavy atom. The summed E-state index contributed by atoms with van der Waals surface area (Å²) in [7, 11) is -0.655. The summed E-state index contributed by atoms with van der Waals surface area (Å²) in [5, 5.41) is 0. The summed E-state index contributed by atoms with van der Waals surface area (Å²) in [5.74, 6) is -3.14. The molecular weight excluding hydrogens is 399 g/mol. The molecule has 0 aliphatic heterocycles. The molecule has 0 amide bonds. The highest BCUT2D eigenvalue weighted by molar-refractivity contribution is 7.90. The zero-order valence-corrected chi connectivity index (χ0v) is 17.0. The van der Waals surface area contributed by atoms with Gasteiger partial charge in [0.15, 0.2) is 5.78 Å². The number of hydrogen-bond acceptors (Lipinski definition) is 5. The maximum absolute atomic E-state index is 13.2. The molecule has 9 heteroatoms.